The molecule has 1 saturated heterocycles. The number of nitrogens with one attached hydrogen (secondary N) is 1. The number of carbonyl (C=O) groups is 2. The normalized spacial score (nSPS) is 17.9. The lowest BCUT2D eigenvalue weighted by molar-refractivity contribution is -0.137. The van der Waals surface area contributed by atoms with Crippen LogP contribution >= 0.6 is 0 Å². The van der Waals surface area contributed by atoms with Crippen molar-refractivity contribution in [1.29, 1.82) is 0 Å². The Bertz CT molecular complexity index is 1320. The highest BCUT2D eigenvalue weighted by molar-refractivity contribution is 5.86. The van der Waals surface area contributed by atoms with E-state index in [1.165, 1.54) is 30.1 Å². The van der Waals surface area contributed by atoms with Crippen LogP contribution in [0, 0.1) is 0 Å². The van der Waals surface area contributed by atoms with Gasteiger partial charge < -0.3 is 14.8 Å². The van der Waals surface area contributed by atoms with Crippen molar-refractivity contribution in [2.75, 3.05) is 27.3 Å². The predicted octanol–water partition coefficient (Wildman–Crippen LogP) is 3.74. The Hall–Kier alpha value is -4.19. The zero-order valence-electron chi connectivity index (χ0n) is 21.4. The largest absolute Gasteiger partial charge is 0.497 e. The third-order valence-corrected chi connectivity index (χ3v) is 6.45. The van der Waals surface area contributed by atoms with Crippen LogP contribution in [-0.2, 0) is 22.3 Å². The first-order valence-electron chi connectivity index (χ1n) is 12.2. The van der Waals surface area contributed by atoms with E-state index in [4.69, 9.17) is 4.74 Å². The molecule has 0 bridgehead atoms. The van der Waals surface area contributed by atoms with Crippen LogP contribution in [0.5, 0.6) is 5.75 Å². The van der Waals surface area contributed by atoms with Crippen LogP contribution in [0.15, 0.2) is 60.8 Å². The SMILES string of the molecule is COC(=O)c1cn([C@H]2C[C@@H](C(=O)NCc3cccc(C(F)(F)F)c3)N(CC=Cc3ccc(OC)cc3)C2)nn1. The molecule has 1 fully saturated rings. The summed E-state index contributed by atoms with van der Waals surface area (Å²) in [5.41, 5.74) is 0.586. The number of nitrogens with zero attached hydrogens (tertiary/aromatic N) is 4. The molecule has 2 aromatic carbocycles. The molecule has 0 radical (unpaired) electrons. The van der Waals surface area contributed by atoms with Crippen LogP contribution in [0.4, 0.5) is 13.2 Å². The molecule has 206 valence electrons. The van der Waals surface area contributed by atoms with Crippen molar-refractivity contribution >= 4 is 18.0 Å². The van der Waals surface area contributed by atoms with E-state index >= 15 is 0 Å². The van der Waals surface area contributed by atoms with Gasteiger partial charge in [-0.3, -0.25) is 9.69 Å². The van der Waals surface area contributed by atoms with Crippen molar-refractivity contribution < 1.29 is 32.2 Å². The van der Waals surface area contributed by atoms with Gasteiger partial charge in [0.05, 0.1) is 38.1 Å². The van der Waals surface area contributed by atoms with Gasteiger partial charge in [-0.15, -0.1) is 5.10 Å². The van der Waals surface area contributed by atoms with Gasteiger partial charge in [0.2, 0.25) is 5.91 Å². The molecule has 1 N–H and O–H groups in total. The number of likely N-dealkylation sites (tertiary alicyclic amines) is 1. The molecule has 2 heterocycles. The third-order valence-electron chi connectivity index (χ3n) is 6.45. The first kappa shape index (κ1) is 27.8. The fourth-order valence-corrected chi connectivity index (χ4v) is 4.40. The van der Waals surface area contributed by atoms with Crippen LogP contribution in [0.3, 0.4) is 0 Å². The standard InChI is InChI=1S/C27H28F3N5O4/c1-38-22-10-8-18(9-11-22)6-4-12-34-16-21(35-17-23(32-33-35)26(37)39-2)14-24(34)25(36)31-15-19-5-3-7-20(13-19)27(28,29)30/h3-11,13,17,21,24H,12,14-16H2,1-2H3,(H,31,36)/t21-,24-/m0/s1. The van der Waals surface area contributed by atoms with Crippen molar-refractivity contribution in [2.45, 2.75) is 31.2 Å². The maximum absolute atomic E-state index is 13.2. The molecular formula is C27H28F3N5O4. The van der Waals surface area contributed by atoms with Crippen LogP contribution in [0.25, 0.3) is 6.08 Å². The number of aromatic nitrogens is 3. The Morgan fingerprint density at radius 1 is 1.15 bits per heavy atom. The Balaban J connectivity index is 1.47. The smallest absolute Gasteiger partial charge is 0.416 e. The average Bonchev–Trinajstić information content (AvgIpc) is 3.59. The molecule has 9 nitrogen and oxygen atoms in total. The first-order valence-corrected chi connectivity index (χ1v) is 12.2. The lowest BCUT2D eigenvalue weighted by Crippen LogP contribution is -2.43. The van der Waals surface area contributed by atoms with Gasteiger partial charge in [-0.1, -0.05) is 41.6 Å². The number of halogens is 3. The molecule has 1 amide bonds. The van der Waals surface area contributed by atoms with E-state index in [0.717, 1.165) is 23.4 Å². The van der Waals surface area contributed by atoms with E-state index in [0.29, 0.717) is 25.1 Å². The van der Waals surface area contributed by atoms with Crippen molar-refractivity contribution in [1.82, 2.24) is 25.2 Å². The Morgan fingerprint density at radius 2 is 1.92 bits per heavy atom. The van der Waals surface area contributed by atoms with Crippen molar-refractivity contribution in [3.63, 3.8) is 0 Å². The fraction of sp³-hybridized carbons (Fsp3) is 0.333. The molecule has 1 aromatic heterocycles. The van der Waals surface area contributed by atoms with Crippen LogP contribution in [0.2, 0.25) is 0 Å². The summed E-state index contributed by atoms with van der Waals surface area (Å²) in [4.78, 5) is 27.0. The van der Waals surface area contributed by atoms with Gasteiger partial charge in [-0.2, -0.15) is 13.2 Å². The van der Waals surface area contributed by atoms with Gasteiger partial charge in [0, 0.05) is 19.6 Å². The molecule has 0 saturated carbocycles. The monoisotopic (exact) mass is 543 g/mol. The van der Waals surface area contributed by atoms with E-state index in [9.17, 15) is 22.8 Å². The second kappa shape index (κ2) is 12.1. The molecule has 39 heavy (non-hydrogen) atoms. The lowest BCUT2D eigenvalue weighted by atomic mass is 10.1. The van der Waals surface area contributed by atoms with Crippen LogP contribution in [-0.4, -0.2) is 65.1 Å². The second-order valence-electron chi connectivity index (χ2n) is 9.03. The summed E-state index contributed by atoms with van der Waals surface area (Å²) in [6.45, 7) is 0.830. The quantitative estimate of drug-likeness (QED) is 0.411. The summed E-state index contributed by atoms with van der Waals surface area (Å²) in [6, 6.07) is 11.5. The van der Waals surface area contributed by atoms with E-state index in [-0.39, 0.29) is 24.2 Å². The van der Waals surface area contributed by atoms with Gasteiger partial charge in [0.15, 0.2) is 5.69 Å². The minimum atomic E-state index is -4.47. The molecule has 2 atom stereocenters. The highest BCUT2D eigenvalue weighted by Crippen LogP contribution is 2.30. The summed E-state index contributed by atoms with van der Waals surface area (Å²) >= 11 is 0. The Labute approximate surface area is 223 Å². The van der Waals surface area contributed by atoms with Gasteiger partial charge >= 0.3 is 12.1 Å². The summed E-state index contributed by atoms with van der Waals surface area (Å²) < 4.78 is 50.6. The average molecular weight is 544 g/mol. The number of benzene rings is 2. The Kier molecular flexibility index (Phi) is 8.65. The van der Waals surface area contributed by atoms with E-state index in [2.05, 4.69) is 20.4 Å². The second-order valence-corrected chi connectivity index (χ2v) is 9.03. The fourth-order valence-electron chi connectivity index (χ4n) is 4.40. The Morgan fingerprint density at radius 3 is 2.62 bits per heavy atom. The first-order chi connectivity index (χ1) is 18.7. The predicted molar refractivity (Wildman–Crippen MR) is 136 cm³/mol. The molecule has 3 aromatic rings. The highest BCUT2D eigenvalue weighted by Gasteiger charge is 2.38. The van der Waals surface area contributed by atoms with Gasteiger partial charge in [0.1, 0.15) is 5.75 Å². The lowest BCUT2D eigenvalue weighted by Gasteiger charge is -2.22. The van der Waals surface area contributed by atoms with E-state index in [1.807, 2.05) is 41.3 Å². The van der Waals surface area contributed by atoms with E-state index < -0.39 is 23.8 Å². The molecule has 0 unspecified atom stereocenters. The minimum absolute atomic E-state index is 0.0464. The molecule has 4 rings (SSSR count). The number of rotatable bonds is 9. The zero-order valence-corrected chi connectivity index (χ0v) is 21.4. The minimum Gasteiger partial charge on any atom is -0.497 e. The maximum atomic E-state index is 13.2. The zero-order chi connectivity index (χ0) is 28.0. The number of amides is 1. The number of carbonyl (C=O) groups excluding carboxylic acids is 2. The van der Waals surface area contributed by atoms with Crippen molar-refractivity contribution in [3.8, 4) is 5.75 Å². The number of alkyl halides is 3. The number of ether oxygens (including phenoxy) is 2. The molecule has 1 aliphatic rings. The third kappa shape index (κ3) is 7.02. The summed E-state index contributed by atoms with van der Waals surface area (Å²) in [5.74, 6) is -0.193. The van der Waals surface area contributed by atoms with E-state index in [1.54, 1.807) is 7.11 Å². The summed E-state index contributed by atoms with van der Waals surface area (Å²) in [5, 5.41) is 10.7. The topological polar surface area (TPSA) is 98.6 Å². The molecule has 0 spiro atoms. The maximum Gasteiger partial charge on any atom is 0.416 e. The molecule has 0 aliphatic carbocycles. The van der Waals surface area contributed by atoms with Crippen molar-refractivity contribution in [2.24, 2.45) is 0 Å². The molecule has 12 heteroatoms. The van der Waals surface area contributed by atoms with Gasteiger partial charge in [0.25, 0.3) is 0 Å². The molecule has 1 aliphatic heterocycles. The van der Waals surface area contributed by atoms with Crippen molar-refractivity contribution in [3.05, 3.63) is 83.2 Å². The highest BCUT2D eigenvalue weighted by atomic mass is 19.4. The van der Waals surface area contributed by atoms with Gasteiger partial charge in [-0.05, 0) is 41.8 Å². The van der Waals surface area contributed by atoms with Gasteiger partial charge in [-0.25, -0.2) is 9.48 Å². The number of methoxy groups -OCH3 is 2. The summed E-state index contributed by atoms with van der Waals surface area (Å²) in [6.07, 6.45) is 1.24. The van der Waals surface area contributed by atoms with Crippen LogP contribution in [0.1, 0.15) is 39.6 Å². The number of hydrogen-bond donors (Lipinski definition) is 1. The molecular weight excluding hydrogens is 515 g/mol. The van der Waals surface area contributed by atoms with Crippen LogP contribution < -0.4 is 10.1 Å². The number of esters is 1. The summed E-state index contributed by atoms with van der Waals surface area (Å²) in [7, 11) is 2.84. The number of hydrogen-bond acceptors (Lipinski definition) is 7.